The molecule has 0 bridgehead atoms. The van der Waals surface area contributed by atoms with E-state index in [9.17, 15) is 0 Å². The van der Waals surface area contributed by atoms with Gasteiger partial charge in [0.05, 0.1) is 5.39 Å². The molecule has 2 atom stereocenters. The zero-order valence-electron chi connectivity index (χ0n) is 10.6. The number of nitrogens with zero attached hydrogens (tertiary/aromatic N) is 3. The maximum Gasteiger partial charge on any atom is 0.225 e. The number of anilines is 1. The summed E-state index contributed by atoms with van der Waals surface area (Å²) in [5.41, 5.74) is 0. The van der Waals surface area contributed by atoms with Crippen LogP contribution in [0.15, 0.2) is 11.4 Å². The van der Waals surface area contributed by atoms with E-state index >= 15 is 0 Å². The molecule has 0 amide bonds. The Balaban J connectivity index is 2.09. The first-order chi connectivity index (χ1) is 8.65. The number of piperidine rings is 1. The van der Waals surface area contributed by atoms with Crippen molar-refractivity contribution in [3.63, 3.8) is 0 Å². The second kappa shape index (κ2) is 4.67. The lowest BCUT2D eigenvalue weighted by atomic mass is 9.95. The third kappa shape index (κ3) is 2.08. The van der Waals surface area contributed by atoms with Gasteiger partial charge in [0.2, 0.25) is 5.28 Å². The van der Waals surface area contributed by atoms with Gasteiger partial charge in [0.1, 0.15) is 10.6 Å². The first-order valence-corrected chi connectivity index (χ1v) is 7.58. The highest BCUT2D eigenvalue weighted by Crippen LogP contribution is 2.33. The van der Waals surface area contributed by atoms with Crippen LogP contribution < -0.4 is 4.90 Å². The van der Waals surface area contributed by atoms with Crippen LogP contribution in [-0.2, 0) is 0 Å². The van der Waals surface area contributed by atoms with Crippen LogP contribution in [0.2, 0.25) is 5.28 Å². The minimum absolute atomic E-state index is 0.352. The van der Waals surface area contributed by atoms with Gasteiger partial charge in [-0.1, -0.05) is 6.92 Å². The number of hydrogen-bond acceptors (Lipinski definition) is 4. The SMILES string of the molecule is CC1CCC(C)N(c2nc(Cl)nc3sccc23)C1. The Hall–Kier alpha value is -0.870. The Bertz CT molecular complexity index is 568. The van der Waals surface area contributed by atoms with E-state index in [-0.39, 0.29) is 0 Å². The summed E-state index contributed by atoms with van der Waals surface area (Å²) in [4.78, 5) is 12.1. The van der Waals surface area contributed by atoms with Gasteiger partial charge in [-0.2, -0.15) is 4.98 Å². The third-order valence-electron chi connectivity index (χ3n) is 3.67. The van der Waals surface area contributed by atoms with Crippen LogP contribution in [0.3, 0.4) is 0 Å². The van der Waals surface area contributed by atoms with Crippen molar-refractivity contribution in [2.75, 3.05) is 11.4 Å². The van der Waals surface area contributed by atoms with Crippen molar-refractivity contribution in [2.24, 2.45) is 5.92 Å². The zero-order chi connectivity index (χ0) is 12.7. The van der Waals surface area contributed by atoms with Gasteiger partial charge in [-0.25, -0.2) is 4.98 Å². The van der Waals surface area contributed by atoms with Gasteiger partial charge in [0.15, 0.2) is 0 Å². The summed E-state index contributed by atoms with van der Waals surface area (Å²) in [5, 5.41) is 3.53. The van der Waals surface area contributed by atoms with Crippen molar-refractivity contribution >= 4 is 39.0 Å². The van der Waals surface area contributed by atoms with Crippen molar-refractivity contribution in [3.05, 3.63) is 16.7 Å². The van der Waals surface area contributed by atoms with Crippen LogP contribution in [0, 0.1) is 5.92 Å². The second-order valence-electron chi connectivity index (χ2n) is 5.14. The average Bonchev–Trinajstić information content (AvgIpc) is 2.79. The van der Waals surface area contributed by atoms with Gasteiger partial charge in [0, 0.05) is 12.6 Å². The summed E-state index contributed by atoms with van der Waals surface area (Å²) in [7, 11) is 0. The molecule has 3 nitrogen and oxygen atoms in total. The molecule has 0 aliphatic carbocycles. The van der Waals surface area contributed by atoms with Crippen LogP contribution in [-0.4, -0.2) is 22.6 Å². The first kappa shape index (κ1) is 12.2. The van der Waals surface area contributed by atoms with Crippen LogP contribution in [0.4, 0.5) is 5.82 Å². The Labute approximate surface area is 116 Å². The fraction of sp³-hybridized carbons (Fsp3) is 0.538. The van der Waals surface area contributed by atoms with E-state index in [1.807, 2.05) is 0 Å². The lowest BCUT2D eigenvalue weighted by Gasteiger charge is -2.38. The molecule has 1 fully saturated rings. The zero-order valence-corrected chi connectivity index (χ0v) is 12.1. The lowest BCUT2D eigenvalue weighted by Crippen LogP contribution is -2.41. The molecule has 2 aromatic heterocycles. The monoisotopic (exact) mass is 281 g/mol. The summed E-state index contributed by atoms with van der Waals surface area (Å²) in [6, 6.07) is 2.62. The molecule has 5 heteroatoms. The van der Waals surface area contributed by atoms with E-state index in [0.29, 0.717) is 17.2 Å². The molecule has 0 aromatic carbocycles. The second-order valence-corrected chi connectivity index (χ2v) is 6.37. The number of halogens is 1. The number of aromatic nitrogens is 2. The van der Waals surface area contributed by atoms with Crippen molar-refractivity contribution < 1.29 is 0 Å². The van der Waals surface area contributed by atoms with E-state index in [4.69, 9.17) is 11.6 Å². The molecule has 2 aromatic rings. The van der Waals surface area contributed by atoms with Gasteiger partial charge in [-0.05, 0) is 48.7 Å². The number of hydrogen-bond donors (Lipinski definition) is 0. The first-order valence-electron chi connectivity index (χ1n) is 6.32. The van der Waals surface area contributed by atoms with Gasteiger partial charge in [0.25, 0.3) is 0 Å². The maximum absolute atomic E-state index is 6.04. The summed E-state index contributed by atoms with van der Waals surface area (Å²) >= 11 is 7.66. The van der Waals surface area contributed by atoms with E-state index in [2.05, 4.69) is 40.2 Å². The predicted octanol–water partition coefficient (Wildman–Crippen LogP) is 3.97. The third-order valence-corrected chi connectivity index (χ3v) is 4.64. The van der Waals surface area contributed by atoms with E-state index in [0.717, 1.165) is 22.6 Å². The number of rotatable bonds is 1. The Morgan fingerprint density at radius 3 is 3.00 bits per heavy atom. The van der Waals surface area contributed by atoms with Gasteiger partial charge in [-0.3, -0.25) is 0 Å². The largest absolute Gasteiger partial charge is 0.353 e. The summed E-state index contributed by atoms with van der Waals surface area (Å²) in [6.07, 6.45) is 2.51. The fourth-order valence-electron chi connectivity index (χ4n) is 2.62. The van der Waals surface area contributed by atoms with Crippen molar-refractivity contribution in [1.82, 2.24) is 9.97 Å². The van der Waals surface area contributed by atoms with Gasteiger partial charge in [-0.15, -0.1) is 11.3 Å². The fourth-order valence-corrected chi connectivity index (χ4v) is 3.59. The molecule has 0 radical (unpaired) electrons. The molecule has 96 valence electrons. The molecule has 3 heterocycles. The average molecular weight is 282 g/mol. The summed E-state index contributed by atoms with van der Waals surface area (Å²) < 4.78 is 0. The molecule has 0 saturated carbocycles. The van der Waals surface area contributed by atoms with E-state index in [1.54, 1.807) is 11.3 Å². The molecule has 1 saturated heterocycles. The molecular weight excluding hydrogens is 266 g/mol. The Morgan fingerprint density at radius 1 is 1.33 bits per heavy atom. The van der Waals surface area contributed by atoms with Gasteiger partial charge < -0.3 is 4.90 Å². The van der Waals surface area contributed by atoms with Crippen LogP contribution in [0.25, 0.3) is 10.2 Å². The highest BCUT2D eigenvalue weighted by molar-refractivity contribution is 7.16. The lowest BCUT2D eigenvalue weighted by molar-refractivity contribution is 0.389. The highest BCUT2D eigenvalue weighted by Gasteiger charge is 2.26. The summed E-state index contributed by atoms with van der Waals surface area (Å²) in [6.45, 7) is 5.62. The van der Waals surface area contributed by atoms with Crippen molar-refractivity contribution in [2.45, 2.75) is 32.7 Å². The standard InChI is InChI=1S/C13H16ClN3S/c1-8-3-4-9(2)17(7-8)11-10-5-6-18-12(10)16-13(14)15-11/h5-6,8-9H,3-4,7H2,1-2H3. The maximum atomic E-state index is 6.04. The molecule has 0 spiro atoms. The molecule has 2 unspecified atom stereocenters. The van der Waals surface area contributed by atoms with Crippen LogP contribution in [0.5, 0.6) is 0 Å². The van der Waals surface area contributed by atoms with Gasteiger partial charge >= 0.3 is 0 Å². The normalized spacial score (nSPS) is 24.7. The molecule has 18 heavy (non-hydrogen) atoms. The molecule has 3 rings (SSSR count). The minimum Gasteiger partial charge on any atom is -0.353 e. The summed E-state index contributed by atoms with van der Waals surface area (Å²) in [5.74, 6) is 1.72. The molecule has 1 aliphatic rings. The van der Waals surface area contributed by atoms with Crippen LogP contribution in [0.1, 0.15) is 26.7 Å². The quantitative estimate of drug-likeness (QED) is 0.741. The molecular formula is C13H16ClN3S. The van der Waals surface area contributed by atoms with Crippen molar-refractivity contribution in [1.29, 1.82) is 0 Å². The molecule has 1 aliphatic heterocycles. The number of fused-ring (bicyclic) bond motifs is 1. The van der Waals surface area contributed by atoms with E-state index in [1.165, 1.54) is 12.8 Å². The highest BCUT2D eigenvalue weighted by atomic mass is 35.5. The van der Waals surface area contributed by atoms with Crippen LogP contribution >= 0.6 is 22.9 Å². The minimum atomic E-state index is 0.352. The predicted molar refractivity (Wildman–Crippen MR) is 77.6 cm³/mol. The topological polar surface area (TPSA) is 29.0 Å². The number of thiophene rings is 1. The molecule has 0 N–H and O–H groups in total. The Kier molecular flexibility index (Phi) is 3.16. The Morgan fingerprint density at radius 2 is 2.17 bits per heavy atom. The smallest absolute Gasteiger partial charge is 0.225 e. The van der Waals surface area contributed by atoms with E-state index < -0.39 is 0 Å². The van der Waals surface area contributed by atoms with Crippen molar-refractivity contribution in [3.8, 4) is 0 Å².